The Morgan fingerprint density at radius 1 is 1.00 bits per heavy atom. The summed E-state index contributed by atoms with van der Waals surface area (Å²) in [5, 5.41) is 15.7. The standard InChI is InChI=1S/C21H19F3N6O4/c22-21(23,24)13-5-7-14(8-6-13)27-20(34)30-18-16(17(25)32)28-15(29-18)9-11-1-3-12(4-2-11)19(33)26-10-31/h1-8,31H,9-10H2,(H2,25,32)(H,26,33)(H,28,29)(H2,27,30,34). The molecule has 0 saturated carbocycles. The van der Waals surface area contributed by atoms with E-state index in [1.165, 1.54) is 12.1 Å². The lowest BCUT2D eigenvalue weighted by atomic mass is 10.1. The highest BCUT2D eigenvalue weighted by molar-refractivity contribution is 6.04. The lowest BCUT2D eigenvalue weighted by molar-refractivity contribution is -0.137. The number of H-pyrrole nitrogens is 1. The van der Waals surface area contributed by atoms with Crippen molar-refractivity contribution in [3.8, 4) is 0 Å². The zero-order chi connectivity index (χ0) is 24.9. The first kappa shape index (κ1) is 24.3. The van der Waals surface area contributed by atoms with Gasteiger partial charge in [0.25, 0.3) is 11.8 Å². The average Bonchev–Trinajstić information content (AvgIpc) is 3.16. The van der Waals surface area contributed by atoms with Crippen LogP contribution in [0, 0.1) is 0 Å². The van der Waals surface area contributed by atoms with Crippen LogP contribution in [-0.4, -0.2) is 39.7 Å². The van der Waals surface area contributed by atoms with Crippen molar-refractivity contribution in [1.29, 1.82) is 0 Å². The van der Waals surface area contributed by atoms with Crippen LogP contribution in [0.15, 0.2) is 48.5 Å². The second-order valence-electron chi connectivity index (χ2n) is 6.96. The summed E-state index contributed by atoms with van der Waals surface area (Å²) >= 11 is 0. The van der Waals surface area contributed by atoms with Gasteiger partial charge in [-0.25, -0.2) is 9.78 Å². The maximum absolute atomic E-state index is 12.7. The molecule has 0 spiro atoms. The third kappa shape index (κ3) is 6.10. The molecule has 2 aromatic carbocycles. The van der Waals surface area contributed by atoms with Gasteiger partial charge in [0.2, 0.25) is 0 Å². The summed E-state index contributed by atoms with van der Waals surface area (Å²) in [4.78, 5) is 42.6. The smallest absolute Gasteiger partial charge is 0.376 e. The fraction of sp³-hybridized carbons (Fsp3) is 0.143. The van der Waals surface area contributed by atoms with Crippen LogP contribution in [0.1, 0.15) is 37.8 Å². The number of nitrogens with two attached hydrogens (primary N) is 1. The monoisotopic (exact) mass is 476 g/mol. The largest absolute Gasteiger partial charge is 0.416 e. The Morgan fingerprint density at radius 3 is 2.21 bits per heavy atom. The van der Waals surface area contributed by atoms with E-state index in [0.717, 1.165) is 24.3 Å². The van der Waals surface area contributed by atoms with Gasteiger partial charge in [0.15, 0.2) is 5.82 Å². The second kappa shape index (κ2) is 10.0. The number of primary amides is 1. The first-order valence-corrected chi connectivity index (χ1v) is 9.68. The molecule has 0 fully saturated rings. The Bertz CT molecular complexity index is 1190. The Hall–Kier alpha value is -4.39. The van der Waals surface area contributed by atoms with Gasteiger partial charge >= 0.3 is 12.2 Å². The lowest BCUT2D eigenvalue weighted by Crippen LogP contribution is -2.23. The molecule has 0 bridgehead atoms. The summed E-state index contributed by atoms with van der Waals surface area (Å²) in [6.07, 6.45) is -4.31. The van der Waals surface area contributed by atoms with Crippen molar-refractivity contribution in [1.82, 2.24) is 15.3 Å². The Labute approximate surface area is 190 Å². The number of aliphatic hydroxyl groups excluding tert-OH is 1. The molecule has 0 aliphatic rings. The van der Waals surface area contributed by atoms with Gasteiger partial charge in [-0.1, -0.05) is 12.1 Å². The van der Waals surface area contributed by atoms with Crippen LogP contribution in [0.5, 0.6) is 0 Å². The van der Waals surface area contributed by atoms with E-state index in [4.69, 9.17) is 10.8 Å². The normalized spacial score (nSPS) is 11.1. The topological polar surface area (TPSA) is 162 Å². The molecule has 0 saturated heterocycles. The molecule has 4 amide bonds. The van der Waals surface area contributed by atoms with E-state index in [-0.39, 0.29) is 29.4 Å². The molecule has 13 heteroatoms. The fourth-order valence-corrected chi connectivity index (χ4v) is 2.93. The highest BCUT2D eigenvalue weighted by Gasteiger charge is 2.30. The fourth-order valence-electron chi connectivity index (χ4n) is 2.93. The molecule has 7 N–H and O–H groups in total. The molecule has 0 radical (unpaired) electrons. The van der Waals surface area contributed by atoms with Crippen molar-refractivity contribution in [3.05, 3.63) is 76.7 Å². The van der Waals surface area contributed by atoms with E-state index >= 15 is 0 Å². The predicted molar refractivity (Wildman–Crippen MR) is 115 cm³/mol. The van der Waals surface area contributed by atoms with E-state index in [1.807, 2.05) is 0 Å². The molecular formula is C21H19F3N6O4. The molecule has 10 nitrogen and oxygen atoms in total. The Balaban J connectivity index is 1.69. The number of halogens is 3. The number of aliphatic hydroxyl groups is 1. The Kier molecular flexibility index (Phi) is 7.16. The zero-order valence-electron chi connectivity index (χ0n) is 17.4. The summed E-state index contributed by atoms with van der Waals surface area (Å²) in [6.45, 7) is -0.495. The summed E-state index contributed by atoms with van der Waals surface area (Å²) in [5.74, 6) is -1.22. The number of imidazole rings is 1. The number of anilines is 2. The molecule has 3 aromatic rings. The van der Waals surface area contributed by atoms with E-state index in [0.29, 0.717) is 11.1 Å². The number of rotatable bonds is 7. The van der Waals surface area contributed by atoms with Gasteiger partial charge < -0.3 is 26.5 Å². The number of carbonyl (C=O) groups excluding carboxylic acids is 3. The molecule has 34 heavy (non-hydrogen) atoms. The SMILES string of the molecule is NC(=O)c1[nH]c(Cc2ccc(C(=O)NCO)cc2)nc1NC(=O)Nc1ccc(C(F)(F)F)cc1. The van der Waals surface area contributed by atoms with Crippen LogP contribution >= 0.6 is 0 Å². The number of aromatic amines is 1. The van der Waals surface area contributed by atoms with Gasteiger partial charge in [-0.3, -0.25) is 14.9 Å². The van der Waals surface area contributed by atoms with Crippen LogP contribution in [0.25, 0.3) is 0 Å². The molecule has 0 unspecified atom stereocenters. The van der Waals surface area contributed by atoms with Crippen molar-refractivity contribution in [2.75, 3.05) is 17.4 Å². The van der Waals surface area contributed by atoms with Gasteiger partial charge in [-0.15, -0.1) is 0 Å². The first-order chi connectivity index (χ1) is 16.1. The van der Waals surface area contributed by atoms with E-state index in [9.17, 15) is 27.6 Å². The molecule has 178 valence electrons. The Morgan fingerprint density at radius 2 is 1.65 bits per heavy atom. The van der Waals surface area contributed by atoms with Gasteiger partial charge in [0.05, 0.1) is 5.56 Å². The molecule has 1 aromatic heterocycles. The molecule has 0 aliphatic carbocycles. The van der Waals surface area contributed by atoms with Crippen molar-refractivity contribution < 1.29 is 32.7 Å². The molecule has 3 rings (SSSR count). The second-order valence-corrected chi connectivity index (χ2v) is 6.96. The van der Waals surface area contributed by atoms with E-state index in [2.05, 4.69) is 25.9 Å². The van der Waals surface area contributed by atoms with Crippen LogP contribution < -0.4 is 21.7 Å². The first-order valence-electron chi connectivity index (χ1n) is 9.68. The maximum atomic E-state index is 12.7. The number of benzene rings is 2. The van der Waals surface area contributed by atoms with Gasteiger partial charge in [0.1, 0.15) is 18.2 Å². The molecular weight excluding hydrogens is 457 g/mol. The number of alkyl halides is 3. The number of amides is 4. The van der Waals surface area contributed by atoms with Crippen LogP contribution in [0.2, 0.25) is 0 Å². The number of nitrogens with zero attached hydrogens (tertiary/aromatic N) is 1. The van der Waals surface area contributed by atoms with Crippen molar-refractivity contribution in [2.45, 2.75) is 12.6 Å². The van der Waals surface area contributed by atoms with Crippen LogP contribution in [0.4, 0.5) is 29.5 Å². The van der Waals surface area contributed by atoms with E-state index in [1.54, 1.807) is 12.1 Å². The summed E-state index contributed by atoms with van der Waals surface area (Å²) in [7, 11) is 0. The highest BCUT2D eigenvalue weighted by atomic mass is 19.4. The van der Waals surface area contributed by atoms with Gasteiger partial charge in [0, 0.05) is 17.7 Å². The van der Waals surface area contributed by atoms with E-state index < -0.39 is 36.3 Å². The molecule has 0 aliphatic heterocycles. The summed E-state index contributed by atoms with van der Waals surface area (Å²) in [6, 6.07) is 9.30. The number of aromatic nitrogens is 2. The zero-order valence-corrected chi connectivity index (χ0v) is 17.4. The number of hydrogen-bond donors (Lipinski definition) is 6. The molecule has 1 heterocycles. The third-order valence-corrected chi connectivity index (χ3v) is 4.53. The van der Waals surface area contributed by atoms with Crippen molar-refractivity contribution in [3.63, 3.8) is 0 Å². The van der Waals surface area contributed by atoms with Gasteiger partial charge in [-0.05, 0) is 42.0 Å². The minimum Gasteiger partial charge on any atom is -0.376 e. The third-order valence-electron chi connectivity index (χ3n) is 4.53. The summed E-state index contributed by atoms with van der Waals surface area (Å²) in [5.41, 5.74) is 5.43. The van der Waals surface area contributed by atoms with Gasteiger partial charge in [-0.2, -0.15) is 13.2 Å². The number of hydrogen-bond acceptors (Lipinski definition) is 5. The minimum atomic E-state index is -4.51. The molecule has 0 atom stereocenters. The highest BCUT2D eigenvalue weighted by Crippen LogP contribution is 2.29. The number of nitrogens with one attached hydrogen (secondary N) is 4. The predicted octanol–water partition coefficient (Wildman–Crippen LogP) is 2.44. The van der Waals surface area contributed by atoms with Crippen molar-refractivity contribution >= 4 is 29.4 Å². The summed E-state index contributed by atoms with van der Waals surface area (Å²) < 4.78 is 38.0. The quantitative estimate of drug-likeness (QED) is 0.288. The lowest BCUT2D eigenvalue weighted by Gasteiger charge is -2.09. The maximum Gasteiger partial charge on any atom is 0.416 e. The number of urea groups is 1. The van der Waals surface area contributed by atoms with Crippen molar-refractivity contribution in [2.24, 2.45) is 5.73 Å². The van der Waals surface area contributed by atoms with Crippen LogP contribution in [-0.2, 0) is 12.6 Å². The average molecular weight is 476 g/mol. The number of carbonyl (C=O) groups is 3. The minimum absolute atomic E-state index is 0.0900. The van der Waals surface area contributed by atoms with Crippen LogP contribution in [0.3, 0.4) is 0 Å².